The molecule has 4 rings (SSSR count). The van der Waals surface area contributed by atoms with Gasteiger partial charge in [0, 0.05) is 11.8 Å². The molecule has 5 nitrogen and oxygen atoms in total. The quantitative estimate of drug-likeness (QED) is 0.474. The number of nitrogens with zero attached hydrogens (tertiary/aromatic N) is 2. The summed E-state index contributed by atoms with van der Waals surface area (Å²) in [5.74, 6) is -1.59. The Labute approximate surface area is 176 Å². The van der Waals surface area contributed by atoms with Crippen molar-refractivity contribution in [3.8, 4) is 17.0 Å². The van der Waals surface area contributed by atoms with Crippen molar-refractivity contribution < 1.29 is 22.7 Å². The van der Waals surface area contributed by atoms with Crippen molar-refractivity contribution in [3.63, 3.8) is 0 Å². The van der Waals surface area contributed by atoms with E-state index in [1.807, 2.05) is 0 Å². The van der Waals surface area contributed by atoms with Gasteiger partial charge in [0.25, 0.3) is 0 Å². The van der Waals surface area contributed by atoms with Crippen LogP contribution in [0.15, 0.2) is 66.9 Å². The lowest BCUT2D eigenvalue weighted by Crippen LogP contribution is -2.25. The number of hydrogen-bond donors (Lipinski definition) is 1. The van der Waals surface area contributed by atoms with E-state index in [2.05, 4.69) is 10.3 Å². The first-order valence-electron chi connectivity index (χ1n) is 9.58. The van der Waals surface area contributed by atoms with Crippen molar-refractivity contribution >= 4 is 11.6 Å². The van der Waals surface area contributed by atoms with E-state index in [0.717, 1.165) is 0 Å². The molecule has 0 unspecified atom stereocenters. The summed E-state index contributed by atoms with van der Waals surface area (Å²) in [5.41, 5.74) is 2.18. The summed E-state index contributed by atoms with van der Waals surface area (Å²) in [7, 11) is 0. The van der Waals surface area contributed by atoms with Gasteiger partial charge >= 0.3 is 0 Å². The van der Waals surface area contributed by atoms with Gasteiger partial charge < -0.3 is 10.1 Å². The molecule has 0 saturated carbocycles. The molecule has 1 amide bonds. The van der Waals surface area contributed by atoms with Gasteiger partial charge in [-0.15, -0.1) is 0 Å². The van der Waals surface area contributed by atoms with Crippen LogP contribution in [0.25, 0.3) is 16.9 Å². The standard InChI is InChI=1S/C23H18F3N3O2/c24-16-7-5-15(6-8-16)23-19(29-14-17(25)9-10-21(29)28-23)13-27-22(30)11-12-31-20-4-2-1-3-18(20)26/h1-10,14H,11-13H2,(H,27,30). The molecule has 31 heavy (non-hydrogen) atoms. The molecule has 4 aromatic rings. The lowest BCUT2D eigenvalue weighted by molar-refractivity contribution is -0.121. The summed E-state index contributed by atoms with van der Waals surface area (Å²) in [4.78, 5) is 16.8. The molecule has 2 aromatic heterocycles. The molecular weight excluding hydrogens is 407 g/mol. The fourth-order valence-corrected chi connectivity index (χ4v) is 3.16. The highest BCUT2D eigenvalue weighted by molar-refractivity contribution is 5.76. The molecule has 158 valence electrons. The van der Waals surface area contributed by atoms with Crippen molar-refractivity contribution in [1.82, 2.24) is 14.7 Å². The maximum Gasteiger partial charge on any atom is 0.223 e. The number of amides is 1. The number of carbonyl (C=O) groups is 1. The lowest BCUT2D eigenvalue weighted by atomic mass is 10.1. The van der Waals surface area contributed by atoms with Crippen LogP contribution in [0.4, 0.5) is 13.2 Å². The summed E-state index contributed by atoms with van der Waals surface area (Å²) in [5, 5.41) is 2.75. The van der Waals surface area contributed by atoms with Crippen LogP contribution in [0.2, 0.25) is 0 Å². The Morgan fingerprint density at radius 2 is 1.71 bits per heavy atom. The zero-order chi connectivity index (χ0) is 21.8. The first-order valence-corrected chi connectivity index (χ1v) is 9.58. The molecule has 1 N–H and O–H groups in total. The van der Waals surface area contributed by atoms with Gasteiger partial charge in [-0.1, -0.05) is 12.1 Å². The molecule has 2 aromatic carbocycles. The zero-order valence-electron chi connectivity index (χ0n) is 16.3. The van der Waals surface area contributed by atoms with E-state index >= 15 is 0 Å². The molecule has 0 spiro atoms. The molecule has 0 atom stereocenters. The SMILES string of the molecule is O=C(CCOc1ccccc1F)NCc1c(-c2ccc(F)cc2)nc2ccc(F)cn12. The second-order valence-corrected chi connectivity index (χ2v) is 6.80. The smallest absolute Gasteiger partial charge is 0.223 e. The molecule has 8 heteroatoms. The van der Waals surface area contributed by atoms with Crippen molar-refractivity contribution in [1.29, 1.82) is 0 Å². The molecule has 0 aliphatic carbocycles. The third kappa shape index (κ3) is 4.69. The summed E-state index contributed by atoms with van der Waals surface area (Å²) in [6.07, 6.45) is 1.28. The van der Waals surface area contributed by atoms with Crippen LogP contribution in [0.3, 0.4) is 0 Å². The Morgan fingerprint density at radius 3 is 2.48 bits per heavy atom. The average molecular weight is 425 g/mol. The van der Waals surface area contributed by atoms with Gasteiger partial charge in [0.05, 0.1) is 31.0 Å². The van der Waals surface area contributed by atoms with Crippen molar-refractivity contribution in [3.05, 3.63) is 90.0 Å². The molecule has 0 radical (unpaired) electrons. The second-order valence-electron chi connectivity index (χ2n) is 6.80. The Hall–Kier alpha value is -3.81. The van der Waals surface area contributed by atoms with Crippen LogP contribution >= 0.6 is 0 Å². The van der Waals surface area contributed by atoms with Crippen molar-refractivity contribution in [2.45, 2.75) is 13.0 Å². The Morgan fingerprint density at radius 1 is 0.968 bits per heavy atom. The first-order chi connectivity index (χ1) is 15.0. The second kappa shape index (κ2) is 8.91. The van der Waals surface area contributed by atoms with E-state index in [0.29, 0.717) is 22.6 Å². The van der Waals surface area contributed by atoms with E-state index in [1.54, 1.807) is 28.7 Å². The van der Waals surface area contributed by atoms with Crippen molar-refractivity contribution in [2.24, 2.45) is 0 Å². The highest BCUT2D eigenvalue weighted by Gasteiger charge is 2.16. The van der Waals surface area contributed by atoms with Crippen LogP contribution in [0.5, 0.6) is 5.75 Å². The normalized spacial score (nSPS) is 10.9. The van der Waals surface area contributed by atoms with Crippen LogP contribution in [0.1, 0.15) is 12.1 Å². The predicted octanol–water partition coefficient (Wildman–Crippen LogP) is 4.50. The number of hydrogen-bond acceptors (Lipinski definition) is 3. The number of aromatic nitrogens is 2. The van der Waals surface area contributed by atoms with Crippen LogP contribution in [0, 0.1) is 17.5 Å². The topological polar surface area (TPSA) is 55.6 Å². The third-order valence-corrected chi connectivity index (χ3v) is 4.68. The number of fused-ring (bicyclic) bond motifs is 1. The van der Waals surface area contributed by atoms with E-state index < -0.39 is 11.6 Å². The number of benzene rings is 2. The predicted molar refractivity (Wildman–Crippen MR) is 109 cm³/mol. The van der Waals surface area contributed by atoms with E-state index in [-0.39, 0.29) is 37.0 Å². The fraction of sp³-hybridized carbons (Fsp3) is 0.130. The maximum atomic E-state index is 13.8. The number of rotatable bonds is 7. The number of nitrogens with one attached hydrogen (secondary N) is 1. The molecule has 0 saturated heterocycles. The summed E-state index contributed by atoms with van der Waals surface area (Å²) in [6.45, 7) is 0.0647. The number of para-hydroxylation sites is 1. The van der Waals surface area contributed by atoms with Crippen LogP contribution in [-0.4, -0.2) is 21.9 Å². The minimum absolute atomic E-state index is 0.000628. The van der Waals surface area contributed by atoms with E-state index in [9.17, 15) is 18.0 Å². The van der Waals surface area contributed by atoms with Crippen molar-refractivity contribution in [2.75, 3.05) is 6.61 Å². The van der Waals surface area contributed by atoms with Gasteiger partial charge in [-0.3, -0.25) is 9.20 Å². The van der Waals surface area contributed by atoms with Gasteiger partial charge in [-0.2, -0.15) is 0 Å². The molecular formula is C23H18F3N3O2. The molecule has 0 fully saturated rings. The number of ether oxygens (including phenoxy) is 1. The summed E-state index contributed by atoms with van der Waals surface area (Å²) in [6, 6.07) is 14.5. The van der Waals surface area contributed by atoms with E-state index in [1.165, 1.54) is 42.6 Å². The zero-order valence-corrected chi connectivity index (χ0v) is 16.3. The number of halogens is 3. The third-order valence-electron chi connectivity index (χ3n) is 4.68. The van der Waals surface area contributed by atoms with E-state index in [4.69, 9.17) is 4.74 Å². The fourth-order valence-electron chi connectivity index (χ4n) is 3.16. The average Bonchev–Trinajstić information content (AvgIpc) is 3.12. The molecule has 0 bridgehead atoms. The highest BCUT2D eigenvalue weighted by atomic mass is 19.1. The van der Waals surface area contributed by atoms with Gasteiger partial charge in [0.1, 0.15) is 17.3 Å². The molecule has 0 aliphatic rings. The van der Waals surface area contributed by atoms with Crippen LogP contribution in [-0.2, 0) is 11.3 Å². The number of pyridine rings is 1. The molecule has 0 aliphatic heterocycles. The van der Waals surface area contributed by atoms with Gasteiger partial charge in [-0.25, -0.2) is 18.2 Å². The van der Waals surface area contributed by atoms with Gasteiger partial charge in [0.15, 0.2) is 11.6 Å². The van der Waals surface area contributed by atoms with Gasteiger partial charge in [-0.05, 0) is 48.5 Å². The first kappa shape index (κ1) is 20.5. The Kier molecular flexibility index (Phi) is 5.88. The van der Waals surface area contributed by atoms with Crippen LogP contribution < -0.4 is 10.1 Å². The monoisotopic (exact) mass is 425 g/mol. The minimum atomic E-state index is -0.500. The van der Waals surface area contributed by atoms with Gasteiger partial charge in [0.2, 0.25) is 5.91 Å². The largest absolute Gasteiger partial charge is 0.490 e. The maximum absolute atomic E-state index is 13.8. The Balaban J connectivity index is 1.48. The summed E-state index contributed by atoms with van der Waals surface area (Å²) >= 11 is 0. The minimum Gasteiger partial charge on any atom is -0.490 e. The number of carbonyl (C=O) groups excluding carboxylic acids is 1. The Bertz CT molecular complexity index is 1220. The lowest BCUT2D eigenvalue weighted by Gasteiger charge is -2.09. The summed E-state index contributed by atoms with van der Waals surface area (Å²) < 4.78 is 47.5. The number of imidazole rings is 1. The highest BCUT2D eigenvalue weighted by Crippen LogP contribution is 2.25. The molecule has 2 heterocycles.